The summed E-state index contributed by atoms with van der Waals surface area (Å²) in [6.07, 6.45) is 5.10. The third-order valence-electron chi connectivity index (χ3n) is 4.39. The number of carbonyl (C=O) groups is 1. The van der Waals surface area contributed by atoms with Crippen LogP contribution in [0.5, 0.6) is 0 Å². The van der Waals surface area contributed by atoms with Crippen LogP contribution in [-0.4, -0.2) is 35.0 Å². The van der Waals surface area contributed by atoms with Crippen molar-refractivity contribution in [2.45, 2.75) is 38.7 Å². The highest BCUT2D eigenvalue weighted by atomic mass is 79.9. The summed E-state index contributed by atoms with van der Waals surface area (Å²) in [4.78, 5) is 20.1. The van der Waals surface area contributed by atoms with Crippen LogP contribution in [0, 0.1) is 0 Å². The number of pyridine rings is 1. The number of fused-ring (bicyclic) bond motifs is 3. The van der Waals surface area contributed by atoms with Crippen LogP contribution in [0.25, 0.3) is 10.9 Å². The minimum atomic E-state index is -0.386. The highest BCUT2D eigenvalue weighted by Gasteiger charge is 2.28. The fraction of sp³-hybridized carbons (Fsp3) is 0.529. The normalized spacial score (nSPS) is 17.3. The van der Waals surface area contributed by atoms with Crippen LogP contribution in [-0.2, 0) is 22.5 Å². The number of hydrogen-bond donors (Lipinski definition) is 1. The number of carbonyl (C=O) groups excluding carboxylic acids is 1. The van der Waals surface area contributed by atoms with E-state index in [9.17, 15) is 4.79 Å². The molecule has 3 rings (SSSR count). The number of methoxy groups -OCH3 is 1. The Labute approximate surface area is 143 Å². The van der Waals surface area contributed by atoms with E-state index in [0.717, 1.165) is 34.6 Å². The van der Waals surface area contributed by atoms with Gasteiger partial charge in [0.05, 0.1) is 24.9 Å². The molecule has 124 valence electrons. The standard InChI is InChI=1S/C17H21BrN2O3/c1-3-23-17(21)16-11(9-22-2)15-13(8-19-16)20-12-6-4-5-10(7-18)14(12)15/h8,10,20H,3-7,9H2,1-2H3. The van der Waals surface area contributed by atoms with Crippen LogP contribution in [0.1, 0.15) is 53.0 Å². The average molecular weight is 381 g/mol. The number of aryl methyl sites for hydroxylation is 1. The summed E-state index contributed by atoms with van der Waals surface area (Å²) < 4.78 is 10.5. The van der Waals surface area contributed by atoms with Gasteiger partial charge in [0.25, 0.3) is 0 Å². The van der Waals surface area contributed by atoms with Gasteiger partial charge in [-0.25, -0.2) is 9.78 Å². The second kappa shape index (κ2) is 7.01. The van der Waals surface area contributed by atoms with Crippen molar-refractivity contribution in [2.24, 2.45) is 0 Å². The molecule has 0 aliphatic heterocycles. The molecule has 0 bridgehead atoms. The number of aromatic nitrogens is 2. The summed E-state index contributed by atoms with van der Waals surface area (Å²) in [5.74, 6) is 0.0585. The van der Waals surface area contributed by atoms with Gasteiger partial charge in [-0.3, -0.25) is 0 Å². The molecule has 0 saturated heterocycles. The third kappa shape index (κ3) is 2.90. The lowest BCUT2D eigenvalue weighted by molar-refractivity contribution is 0.0514. The Bertz CT molecular complexity index is 726. The summed E-state index contributed by atoms with van der Waals surface area (Å²) >= 11 is 3.63. The van der Waals surface area contributed by atoms with E-state index in [0.29, 0.717) is 24.8 Å². The van der Waals surface area contributed by atoms with Crippen molar-refractivity contribution < 1.29 is 14.3 Å². The molecule has 1 unspecified atom stereocenters. The second-order valence-electron chi connectivity index (χ2n) is 5.79. The number of H-pyrrole nitrogens is 1. The first kappa shape index (κ1) is 16.5. The fourth-order valence-electron chi connectivity index (χ4n) is 3.47. The Kier molecular flexibility index (Phi) is 5.02. The lowest BCUT2D eigenvalue weighted by Gasteiger charge is -2.22. The Balaban J connectivity index is 2.24. The quantitative estimate of drug-likeness (QED) is 0.634. The SMILES string of the molecule is CCOC(=O)c1ncc2[nH]c3c(c2c1COC)C(CBr)CCC3. The second-order valence-corrected chi connectivity index (χ2v) is 6.44. The van der Waals surface area contributed by atoms with Gasteiger partial charge in [-0.2, -0.15) is 0 Å². The first-order valence-corrected chi connectivity index (χ1v) is 9.07. The molecule has 2 heterocycles. The molecule has 2 aromatic rings. The Morgan fingerprint density at radius 3 is 3.04 bits per heavy atom. The lowest BCUT2D eigenvalue weighted by Crippen LogP contribution is -2.13. The molecule has 0 aromatic carbocycles. The monoisotopic (exact) mass is 380 g/mol. The Morgan fingerprint density at radius 1 is 1.52 bits per heavy atom. The van der Waals surface area contributed by atoms with Gasteiger partial charge in [-0.1, -0.05) is 15.9 Å². The molecule has 0 saturated carbocycles. The van der Waals surface area contributed by atoms with Crippen LogP contribution in [0.4, 0.5) is 0 Å². The zero-order chi connectivity index (χ0) is 16.4. The van der Waals surface area contributed by atoms with Crippen LogP contribution in [0.15, 0.2) is 6.20 Å². The molecule has 1 aliphatic carbocycles. The molecule has 1 N–H and O–H groups in total. The Hall–Kier alpha value is -1.40. The van der Waals surface area contributed by atoms with Gasteiger partial charge in [0.1, 0.15) is 0 Å². The molecule has 5 nitrogen and oxygen atoms in total. The van der Waals surface area contributed by atoms with Crippen molar-refractivity contribution in [3.8, 4) is 0 Å². The van der Waals surface area contributed by atoms with Crippen LogP contribution >= 0.6 is 15.9 Å². The zero-order valence-corrected chi connectivity index (χ0v) is 15.0. The number of alkyl halides is 1. The third-order valence-corrected chi connectivity index (χ3v) is 5.17. The van der Waals surface area contributed by atoms with Crippen molar-refractivity contribution in [3.63, 3.8) is 0 Å². The summed E-state index contributed by atoms with van der Waals surface area (Å²) in [6, 6.07) is 0. The fourth-order valence-corrected chi connectivity index (χ4v) is 4.12. The molecule has 0 radical (unpaired) electrons. The highest BCUT2D eigenvalue weighted by molar-refractivity contribution is 9.09. The van der Waals surface area contributed by atoms with Gasteiger partial charge in [0.15, 0.2) is 5.69 Å². The number of hydrogen-bond acceptors (Lipinski definition) is 4. The Morgan fingerprint density at radius 2 is 2.35 bits per heavy atom. The maximum absolute atomic E-state index is 12.3. The number of rotatable bonds is 5. The zero-order valence-electron chi connectivity index (χ0n) is 13.4. The van der Waals surface area contributed by atoms with Crippen molar-refractivity contribution in [2.75, 3.05) is 19.0 Å². The molecule has 0 amide bonds. The van der Waals surface area contributed by atoms with Gasteiger partial charge in [-0.05, 0) is 37.7 Å². The predicted molar refractivity (Wildman–Crippen MR) is 92.2 cm³/mol. The first-order valence-electron chi connectivity index (χ1n) is 7.95. The molecular weight excluding hydrogens is 360 g/mol. The molecular formula is C17H21BrN2O3. The minimum absolute atomic E-state index is 0.334. The molecule has 6 heteroatoms. The maximum Gasteiger partial charge on any atom is 0.357 e. The molecule has 1 aliphatic rings. The van der Waals surface area contributed by atoms with Gasteiger partial charge in [0, 0.05) is 29.1 Å². The van der Waals surface area contributed by atoms with E-state index in [1.807, 2.05) is 0 Å². The number of aromatic amines is 1. The van der Waals surface area contributed by atoms with Crippen LogP contribution < -0.4 is 0 Å². The summed E-state index contributed by atoms with van der Waals surface area (Å²) in [6.45, 7) is 2.48. The van der Waals surface area contributed by atoms with Gasteiger partial charge >= 0.3 is 5.97 Å². The molecule has 0 spiro atoms. The van der Waals surface area contributed by atoms with Gasteiger partial charge in [-0.15, -0.1) is 0 Å². The molecule has 1 atom stereocenters. The molecule has 2 aromatic heterocycles. The van der Waals surface area contributed by atoms with Crippen molar-refractivity contribution in [1.29, 1.82) is 0 Å². The number of nitrogens with zero attached hydrogens (tertiary/aromatic N) is 1. The van der Waals surface area contributed by atoms with Crippen LogP contribution in [0.3, 0.4) is 0 Å². The van der Waals surface area contributed by atoms with Gasteiger partial charge < -0.3 is 14.5 Å². The predicted octanol–water partition coefficient (Wildman–Crippen LogP) is 3.70. The summed E-state index contributed by atoms with van der Waals surface area (Å²) in [5.41, 5.74) is 4.73. The van der Waals surface area contributed by atoms with E-state index >= 15 is 0 Å². The molecule has 23 heavy (non-hydrogen) atoms. The number of nitrogens with one attached hydrogen (secondary N) is 1. The minimum Gasteiger partial charge on any atom is -0.461 e. The van der Waals surface area contributed by atoms with E-state index < -0.39 is 0 Å². The van der Waals surface area contributed by atoms with Crippen molar-refractivity contribution >= 4 is 32.8 Å². The van der Waals surface area contributed by atoms with Crippen molar-refractivity contribution in [1.82, 2.24) is 9.97 Å². The topological polar surface area (TPSA) is 64.2 Å². The number of esters is 1. The maximum atomic E-state index is 12.3. The van der Waals surface area contributed by atoms with E-state index in [1.54, 1.807) is 20.2 Å². The molecule has 0 fully saturated rings. The highest BCUT2D eigenvalue weighted by Crippen LogP contribution is 2.40. The van der Waals surface area contributed by atoms with E-state index in [1.165, 1.54) is 17.7 Å². The van der Waals surface area contributed by atoms with Crippen LogP contribution in [0.2, 0.25) is 0 Å². The average Bonchev–Trinajstić information content (AvgIpc) is 2.94. The number of halogens is 1. The lowest BCUT2D eigenvalue weighted by atomic mass is 9.85. The summed E-state index contributed by atoms with van der Waals surface area (Å²) in [5, 5.41) is 2.00. The van der Waals surface area contributed by atoms with E-state index in [4.69, 9.17) is 9.47 Å². The smallest absolute Gasteiger partial charge is 0.357 e. The first-order chi connectivity index (χ1) is 11.2. The van der Waals surface area contributed by atoms with E-state index in [-0.39, 0.29) is 5.97 Å². The van der Waals surface area contributed by atoms with Gasteiger partial charge in [0.2, 0.25) is 0 Å². The van der Waals surface area contributed by atoms with Crippen molar-refractivity contribution in [3.05, 3.63) is 28.7 Å². The number of ether oxygens (including phenoxy) is 2. The van der Waals surface area contributed by atoms with E-state index in [2.05, 4.69) is 25.9 Å². The summed E-state index contributed by atoms with van der Waals surface area (Å²) in [7, 11) is 1.63. The largest absolute Gasteiger partial charge is 0.461 e.